The maximum Gasteiger partial charge on any atom is 0.220 e. The molecule has 0 aliphatic heterocycles. The Bertz CT molecular complexity index is 491. The summed E-state index contributed by atoms with van der Waals surface area (Å²) >= 11 is 0. The van der Waals surface area contributed by atoms with Crippen LogP contribution in [-0.4, -0.2) is 5.91 Å². The largest absolute Gasteiger partial charge is 0.352 e. The molecule has 0 heterocycles. The van der Waals surface area contributed by atoms with E-state index in [-0.39, 0.29) is 11.7 Å². The molecular weight excluding hydrogens is 289 g/mol. The van der Waals surface area contributed by atoms with Crippen LogP contribution in [0.2, 0.25) is 0 Å². The van der Waals surface area contributed by atoms with E-state index in [9.17, 15) is 9.18 Å². The third-order valence-corrected chi connectivity index (χ3v) is 4.46. The maximum atomic E-state index is 13.1. The van der Waals surface area contributed by atoms with Gasteiger partial charge in [-0.25, -0.2) is 4.39 Å². The van der Waals surface area contributed by atoms with Crippen LogP contribution in [0.4, 0.5) is 4.39 Å². The lowest BCUT2D eigenvalue weighted by Crippen LogP contribution is -2.25. The van der Waals surface area contributed by atoms with E-state index < -0.39 is 0 Å². The van der Waals surface area contributed by atoms with Crippen molar-refractivity contribution in [2.75, 3.05) is 0 Å². The normalized spacial score (nSPS) is 13.2. The fourth-order valence-corrected chi connectivity index (χ4v) is 3.35. The zero-order valence-electron chi connectivity index (χ0n) is 15.3. The Kier molecular flexibility index (Phi) is 7.74. The zero-order chi connectivity index (χ0) is 17.5. The van der Waals surface area contributed by atoms with E-state index in [0.29, 0.717) is 30.2 Å². The molecule has 1 unspecified atom stereocenters. The third-order valence-electron chi connectivity index (χ3n) is 4.46. The topological polar surface area (TPSA) is 29.1 Å². The van der Waals surface area contributed by atoms with Gasteiger partial charge in [0.25, 0.3) is 0 Å². The Morgan fingerprint density at radius 1 is 1.22 bits per heavy atom. The molecular formula is C20H32FNO. The number of hydrogen-bond donors (Lipinski definition) is 1. The molecule has 130 valence electrons. The average molecular weight is 321 g/mol. The highest BCUT2D eigenvalue weighted by atomic mass is 19.1. The number of hydrogen-bond acceptors (Lipinski definition) is 1. The molecule has 0 spiro atoms. The van der Waals surface area contributed by atoms with Crippen molar-refractivity contribution in [1.82, 2.24) is 5.32 Å². The molecule has 1 rings (SSSR count). The fraction of sp³-hybridized carbons (Fsp3) is 0.650. The SMILES string of the molecule is CC(C)C(CCCCC(=O)NCc1cccc(F)c1)C(C)(C)C. The monoisotopic (exact) mass is 321 g/mol. The van der Waals surface area contributed by atoms with E-state index in [2.05, 4.69) is 39.9 Å². The molecule has 0 bridgehead atoms. The molecule has 0 fully saturated rings. The number of unbranched alkanes of at least 4 members (excludes halogenated alkanes) is 1. The number of nitrogens with one attached hydrogen (secondary N) is 1. The van der Waals surface area contributed by atoms with Crippen molar-refractivity contribution >= 4 is 5.91 Å². The Morgan fingerprint density at radius 3 is 2.48 bits per heavy atom. The van der Waals surface area contributed by atoms with Crippen LogP contribution >= 0.6 is 0 Å². The van der Waals surface area contributed by atoms with Crippen LogP contribution in [0.3, 0.4) is 0 Å². The van der Waals surface area contributed by atoms with E-state index in [1.807, 2.05) is 6.07 Å². The summed E-state index contributed by atoms with van der Waals surface area (Å²) in [4.78, 5) is 11.9. The van der Waals surface area contributed by atoms with Crippen LogP contribution < -0.4 is 5.32 Å². The van der Waals surface area contributed by atoms with Gasteiger partial charge in [0.15, 0.2) is 0 Å². The summed E-state index contributed by atoms with van der Waals surface area (Å²) < 4.78 is 13.1. The second-order valence-electron chi connectivity index (χ2n) is 7.87. The lowest BCUT2D eigenvalue weighted by molar-refractivity contribution is -0.121. The minimum absolute atomic E-state index is 0.0473. The van der Waals surface area contributed by atoms with Gasteiger partial charge in [-0.05, 0) is 47.8 Å². The van der Waals surface area contributed by atoms with Crippen LogP contribution in [0.25, 0.3) is 0 Å². The molecule has 1 N–H and O–H groups in total. The summed E-state index contributed by atoms with van der Waals surface area (Å²) in [6.07, 6.45) is 3.70. The Balaban J connectivity index is 2.26. The molecule has 0 aliphatic rings. The first-order chi connectivity index (χ1) is 10.7. The van der Waals surface area contributed by atoms with Crippen molar-refractivity contribution in [3.8, 4) is 0 Å². The maximum absolute atomic E-state index is 13.1. The van der Waals surface area contributed by atoms with E-state index in [1.54, 1.807) is 6.07 Å². The number of halogens is 1. The van der Waals surface area contributed by atoms with Gasteiger partial charge in [0.1, 0.15) is 5.82 Å². The molecule has 0 saturated heterocycles. The predicted octanol–water partition coefficient (Wildman–Crippen LogP) is 5.32. The Labute approximate surface area is 140 Å². The van der Waals surface area contributed by atoms with Crippen LogP contribution in [-0.2, 0) is 11.3 Å². The average Bonchev–Trinajstić information content (AvgIpc) is 2.43. The standard InChI is InChI=1S/C20H32FNO/c1-15(2)18(20(3,4)5)11-6-7-12-19(23)22-14-16-9-8-10-17(21)13-16/h8-10,13,15,18H,6-7,11-12,14H2,1-5H3,(H,22,23). The van der Waals surface area contributed by atoms with Crippen LogP contribution in [0.1, 0.15) is 65.9 Å². The van der Waals surface area contributed by atoms with E-state index in [0.717, 1.165) is 18.4 Å². The van der Waals surface area contributed by atoms with Gasteiger partial charge in [-0.15, -0.1) is 0 Å². The van der Waals surface area contributed by atoms with Gasteiger partial charge < -0.3 is 5.32 Å². The number of rotatable bonds is 8. The Morgan fingerprint density at radius 2 is 1.91 bits per heavy atom. The lowest BCUT2D eigenvalue weighted by atomic mass is 9.72. The van der Waals surface area contributed by atoms with E-state index >= 15 is 0 Å². The molecule has 1 aromatic rings. The highest BCUT2D eigenvalue weighted by Gasteiger charge is 2.26. The van der Waals surface area contributed by atoms with E-state index in [4.69, 9.17) is 0 Å². The summed E-state index contributed by atoms with van der Waals surface area (Å²) in [5.41, 5.74) is 1.11. The first-order valence-corrected chi connectivity index (χ1v) is 8.71. The second kappa shape index (κ2) is 9.05. The lowest BCUT2D eigenvalue weighted by Gasteiger charge is -2.34. The Hall–Kier alpha value is -1.38. The van der Waals surface area contributed by atoms with Crippen molar-refractivity contribution in [2.24, 2.45) is 17.3 Å². The smallest absolute Gasteiger partial charge is 0.220 e. The van der Waals surface area contributed by atoms with Crippen LogP contribution in [0.5, 0.6) is 0 Å². The highest BCUT2D eigenvalue weighted by molar-refractivity contribution is 5.75. The first-order valence-electron chi connectivity index (χ1n) is 8.71. The van der Waals surface area contributed by atoms with Crippen molar-refractivity contribution in [3.63, 3.8) is 0 Å². The van der Waals surface area contributed by atoms with Gasteiger partial charge in [0, 0.05) is 13.0 Å². The minimum Gasteiger partial charge on any atom is -0.352 e. The summed E-state index contributed by atoms with van der Waals surface area (Å²) in [6.45, 7) is 11.8. The van der Waals surface area contributed by atoms with Crippen molar-refractivity contribution in [1.29, 1.82) is 0 Å². The molecule has 23 heavy (non-hydrogen) atoms. The molecule has 0 radical (unpaired) electrons. The molecule has 0 aromatic heterocycles. The third kappa shape index (κ3) is 7.62. The molecule has 1 amide bonds. The number of carbonyl (C=O) groups is 1. The minimum atomic E-state index is -0.265. The quantitative estimate of drug-likeness (QED) is 0.645. The summed E-state index contributed by atoms with van der Waals surface area (Å²) in [6, 6.07) is 6.35. The van der Waals surface area contributed by atoms with Crippen molar-refractivity contribution < 1.29 is 9.18 Å². The molecule has 0 aliphatic carbocycles. The van der Waals surface area contributed by atoms with Gasteiger partial charge in [-0.2, -0.15) is 0 Å². The molecule has 0 saturated carbocycles. The molecule has 1 atom stereocenters. The molecule has 1 aromatic carbocycles. The summed E-state index contributed by atoms with van der Waals surface area (Å²) in [5.74, 6) is 1.12. The predicted molar refractivity (Wildman–Crippen MR) is 94.5 cm³/mol. The summed E-state index contributed by atoms with van der Waals surface area (Å²) in [7, 11) is 0. The van der Waals surface area contributed by atoms with Gasteiger partial charge >= 0.3 is 0 Å². The second-order valence-corrected chi connectivity index (χ2v) is 7.87. The summed E-state index contributed by atoms with van der Waals surface area (Å²) in [5, 5.41) is 2.86. The molecule has 2 nitrogen and oxygen atoms in total. The van der Waals surface area contributed by atoms with Crippen molar-refractivity contribution in [3.05, 3.63) is 35.6 Å². The van der Waals surface area contributed by atoms with Gasteiger partial charge in [0.2, 0.25) is 5.91 Å². The number of amides is 1. The van der Waals surface area contributed by atoms with Gasteiger partial charge in [-0.1, -0.05) is 53.2 Å². The number of benzene rings is 1. The first kappa shape index (κ1) is 19.7. The van der Waals surface area contributed by atoms with Gasteiger partial charge in [0.05, 0.1) is 0 Å². The molecule has 3 heteroatoms. The van der Waals surface area contributed by atoms with Gasteiger partial charge in [-0.3, -0.25) is 4.79 Å². The number of carbonyl (C=O) groups excluding carboxylic acids is 1. The van der Waals surface area contributed by atoms with Crippen molar-refractivity contribution in [2.45, 2.75) is 66.8 Å². The zero-order valence-corrected chi connectivity index (χ0v) is 15.3. The highest BCUT2D eigenvalue weighted by Crippen LogP contribution is 2.35. The van der Waals surface area contributed by atoms with E-state index in [1.165, 1.54) is 18.6 Å². The van der Waals surface area contributed by atoms with Crippen LogP contribution in [0.15, 0.2) is 24.3 Å². The van der Waals surface area contributed by atoms with Crippen LogP contribution in [0, 0.1) is 23.1 Å². The fourth-order valence-electron chi connectivity index (χ4n) is 3.35.